The molecule has 0 aliphatic carbocycles. The van der Waals surface area contributed by atoms with Gasteiger partial charge in [0, 0.05) is 12.6 Å². The summed E-state index contributed by atoms with van der Waals surface area (Å²) < 4.78 is 0. The maximum absolute atomic E-state index is 4.72. The summed E-state index contributed by atoms with van der Waals surface area (Å²) in [6, 6.07) is 0.458. The average Bonchev–Trinajstić information content (AvgIpc) is 3.28. The van der Waals surface area contributed by atoms with Gasteiger partial charge in [0.15, 0.2) is 0 Å². The molecule has 0 aromatic rings. The van der Waals surface area contributed by atoms with Crippen molar-refractivity contribution in [3.05, 3.63) is 0 Å². The number of amidine groups is 2. The zero-order valence-corrected chi connectivity index (χ0v) is 17.4. The number of hydrogen-bond donors (Lipinski definition) is 2. The Labute approximate surface area is 159 Å². The summed E-state index contributed by atoms with van der Waals surface area (Å²) in [6.07, 6.45) is 9.22. The molecule has 2 aliphatic heterocycles. The highest BCUT2D eigenvalue weighted by Crippen LogP contribution is 2.21. The van der Waals surface area contributed by atoms with E-state index < -0.39 is 11.1 Å². The van der Waals surface area contributed by atoms with Gasteiger partial charge < -0.3 is 10.6 Å². The lowest BCUT2D eigenvalue weighted by Crippen LogP contribution is -2.43. The van der Waals surface area contributed by atoms with E-state index in [0.29, 0.717) is 6.04 Å². The largest absolute Gasteiger partial charge is 0.370 e. The number of nitrogens with one attached hydrogen (secondary N) is 2. The first-order valence-electron chi connectivity index (χ1n) is 10.4. The number of rotatable bonds is 11. The Kier molecular flexibility index (Phi) is 7.59. The monoisotopic (exact) mass is 362 g/mol. The third-order valence-corrected chi connectivity index (χ3v) is 5.10. The summed E-state index contributed by atoms with van der Waals surface area (Å²) in [5, 5.41) is 16.1. The number of aliphatic imine (C=N–C) groups is 2. The van der Waals surface area contributed by atoms with Gasteiger partial charge >= 0.3 is 0 Å². The third kappa shape index (κ3) is 6.06. The first-order chi connectivity index (χ1) is 12.3. The highest BCUT2D eigenvalue weighted by molar-refractivity contribution is 5.93. The van der Waals surface area contributed by atoms with Crippen molar-refractivity contribution in [3.8, 4) is 0 Å². The maximum Gasteiger partial charge on any atom is 0.133 e. The van der Waals surface area contributed by atoms with Crippen LogP contribution < -0.4 is 10.6 Å². The van der Waals surface area contributed by atoms with Crippen LogP contribution >= 0.6 is 0 Å². The highest BCUT2D eigenvalue weighted by atomic mass is 15.3. The van der Waals surface area contributed by atoms with Gasteiger partial charge in [-0.15, -0.1) is 0 Å². The third-order valence-electron chi connectivity index (χ3n) is 5.10. The predicted octanol–water partition coefficient (Wildman–Crippen LogP) is 4.12. The molecule has 6 heteroatoms. The van der Waals surface area contributed by atoms with Gasteiger partial charge in [0.2, 0.25) is 0 Å². The van der Waals surface area contributed by atoms with Gasteiger partial charge in [-0.05, 0) is 34.1 Å². The molecule has 0 bridgehead atoms. The molecular formula is C20H38N6. The van der Waals surface area contributed by atoms with Crippen LogP contribution in [0, 0.1) is 0 Å². The number of unbranched alkanes of at least 4 members (excludes halogenated alkanes) is 5. The van der Waals surface area contributed by atoms with E-state index in [1.165, 1.54) is 44.9 Å². The molecule has 0 aromatic heterocycles. The Balaban J connectivity index is 1.78. The fraction of sp³-hybridized carbons (Fsp3) is 0.900. The maximum atomic E-state index is 4.72. The van der Waals surface area contributed by atoms with Crippen LogP contribution in [0.5, 0.6) is 0 Å². The first kappa shape index (κ1) is 20.8. The van der Waals surface area contributed by atoms with Crippen molar-refractivity contribution in [1.29, 1.82) is 0 Å². The van der Waals surface area contributed by atoms with E-state index in [1.807, 2.05) is 0 Å². The minimum Gasteiger partial charge on any atom is -0.370 e. The molecule has 0 saturated carbocycles. The molecule has 1 unspecified atom stereocenters. The number of azo groups is 1. The predicted molar refractivity (Wildman–Crippen MR) is 111 cm³/mol. The molecule has 6 nitrogen and oxygen atoms in total. The van der Waals surface area contributed by atoms with E-state index in [4.69, 9.17) is 4.99 Å². The zero-order chi connectivity index (χ0) is 19.0. The van der Waals surface area contributed by atoms with E-state index in [-0.39, 0.29) is 0 Å². The van der Waals surface area contributed by atoms with Crippen molar-refractivity contribution in [3.63, 3.8) is 0 Å². The van der Waals surface area contributed by atoms with Gasteiger partial charge in [-0.2, -0.15) is 10.2 Å². The second-order valence-electron chi connectivity index (χ2n) is 8.56. The van der Waals surface area contributed by atoms with Crippen molar-refractivity contribution in [1.82, 2.24) is 10.6 Å². The van der Waals surface area contributed by atoms with Crippen LogP contribution in [-0.2, 0) is 0 Å². The summed E-state index contributed by atoms with van der Waals surface area (Å²) in [4.78, 5) is 9.21. The molecule has 0 aromatic carbocycles. The van der Waals surface area contributed by atoms with E-state index in [1.54, 1.807) is 0 Å². The van der Waals surface area contributed by atoms with Crippen LogP contribution in [0.1, 0.15) is 79.6 Å². The van der Waals surface area contributed by atoms with Crippen LogP contribution in [0.4, 0.5) is 0 Å². The van der Waals surface area contributed by atoms with Crippen LogP contribution in [0.25, 0.3) is 0 Å². The van der Waals surface area contributed by atoms with Gasteiger partial charge in [0.1, 0.15) is 22.7 Å². The fourth-order valence-electron chi connectivity index (χ4n) is 3.34. The fourth-order valence-corrected chi connectivity index (χ4v) is 3.34. The second kappa shape index (κ2) is 9.47. The summed E-state index contributed by atoms with van der Waals surface area (Å²) in [5.74, 6) is 1.90. The van der Waals surface area contributed by atoms with E-state index in [0.717, 1.165) is 31.3 Å². The Bertz CT molecular complexity index is 532. The van der Waals surface area contributed by atoms with E-state index in [9.17, 15) is 0 Å². The van der Waals surface area contributed by atoms with Crippen molar-refractivity contribution in [2.24, 2.45) is 20.2 Å². The minimum absolute atomic E-state index is 0.412. The zero-order valence-electron chi connectivity index (χ0n) is 17.4. The van der Waals surface area contributed by atoms with Crippen molar-refractivity contribution in [2.45, 2.75) is 96.7 Å². The Morgan fingerprint density at radius 3 is 2.23 bits per heavy atom. The van der Waals surface area contributed by atoms with Crippen LogP contribution in [0.2, 0.25) is 0 Å². The molecule has 2 rings (SSSR count). The van der Waals surface area contributed by atoms with E-state index >= 15 is 0 Å². The summed E-state index contributed by atoms with van der Waals surface area (Å²) in [6.45, 7) is 13.1. The molecular weight excluding hydrogens is 324 g/mol. The molecule has 0 fully saturated rings. The van der Waals surface area contributed by atoms with Gasteiger partial charge in [-0.3, -0.25) is 9.98 Å². The quantitative estimate of drug-likeness (QED) is 0.428. The lowest BCUT2D eigenvalue weighted by atomic mass is 10.0. The summed E-state index contributed by atoms with van der Waals surface area (Å²) in [5.41, 5.74) is -0.836. The molecule has 1 atom stereocenters. The van der Waals surface area contributed by atoms with Crippen LogP contribution in [0.3, 0.4) is 0 Å². The lowest BCUT2D eigenvalue weighted by Gasteiger charge is -2.24. The van der Waals surface area contributed by atoms with Gasteiger partial charge in [0.05, 0.1) is 13.1 Å². The van der Waals surface area contributed by atoms with E-state index in [2.05, 4.69) is 60.5 Å². The molecule has 148 valence electrons. The lowest BCUT2D eigenvalue weighted by molar-refractivity contribution is 0.515. The Morgan fingerprint density at radius 1 is 0.923 bits per heavy atom. The Hall–Kier alpha value is -1.46. The molecule has 2 aliphatic rings. The smallest absolute Gasteiger partial charge is 0.133 e. The minimum atomic E-state index is -0.424. The second-order valence-corrected chi connectivity index (χ2v) is 8.56. The molecule has 0 radical (unpaired) electrons. The van der Waals surface area contributed by atoms with Crippen LogP contribution in [0.15, 0.2) is 20.2 Å². The van der Waals surface area contributed by atoms with Crippen LogP contribution in [-0.4, -0.2) is 48.4 Å². The van der Waals surface area contributed by atoms with Crippen molar-refractivity contribution < 1.29 is 0 Å². The molecule has 26 heavy (non-hydrogen) atoms. The van der Waals surface area contributed by atoms with Crippen molar-refractivity contribution in [2.75, 3.05) is 19.6 Å². The summed E-state index contributed by atoms with van der Waals surface area (Å²) in [7, 11) is 0. The number of hydrogen-bond acceptors (Lipinski definition) is 6. The topological polar surface area (TPSA) is 73.5 Å². The summed E-state index contributed by atoms with van der Waals surface area (Å²) >= 11 is 0. The highest BCUT2D eigenvalue weighted by Gasteiger charge is 2.33. The van der Waals surface area contributed by atoms with Gasteiger partial charge in [0.25, 0.3) is 0 Å². The molecule has 2 N–H and O–H groups in total. The van der Waals surface area contributed by atoms with Gasteiger partial charge in [-0.1, -0.05) is 45.4 Å². The molecule has 0 saturated heterocycles. The Morgan fingerprint density at radius 2 is 1.58 bits per heavy atom. The SMILES string of the molecule is CCCCCCCCC1CN=C(C(C)(C)N=NC(C)(C)C2=NCCN2)N1. The van der Waals surface area contributed by atoms with Crippen molar-refractivity contribution >= 4 is 11.7 Å². The average molecular weight is 363 g/mol. The molecule has 0 amide bonds. The molecule has 0 spiro atoms. The normalized spacial score (nSPS) is 20.9. The standard InChI is InChI=1S/C20H38N6/c1-6-7-8-9-10-11-12-16-15-23-18(24-16)20(4,5)26-25-19(2,3)17-21-13-14-22-17/h16H,6-15H2,1-5H3,(H,21,22)(H,23,24). The molecule has 2 heterocycles. The van der Waals surface area contributed by atoms with Gasteiger partial charge in [-0.25, -0.2) is 0 Å². The number of nitrogens with zero attached hydrogens (tertiary/aromatic N) is 4. The first-order valence-corrected chi connectivity index (χ1v) is 10.4.